The molecule has 0 spiro atoms. The molecule has 4 heteroatoms. The minimum atomic E-state index is -0.0133. The van der Waals surface area contributed by atoms with Crippen molar-refractivity contribution >= 4 is 5.91 Å². The topological polar surface area (TPSA) is 55.6 Å². The van der Waals surface area contributed by atoms with Crippen LogP contribution in [0.2, 0.25) is 0 Å². The van der Waals surface area contributed by atoms with Crippen molar-refractivity contribution < 1.29 is 9.53 Å². The number of carbonyl (C=O) groups is 1. The fourth-order valence-corrected chi connectivity index (χ4v) is 1.87. The number of rotatable bonds is 4. The number of hydrogen-bond acceptors (Lipinski definition) is 3. The minimum absolute atomic E-state index is 0.0133. The SMILES string of the molecule is CCC1CN(C(=O)C(CC)CN)CCO1. The second-order valence-corrected chi connectivity index (χ2v) is 4.03. The number of nitrogens with zero attached hydrogens (tertiary/aromatic N) is 1. The van der Waals surface area contributed by atoms with Crippen LogP contribution in [0.4, 0.5) is 0 Å². The molecule has 4 nitrogen and oxygen atoms in total. The number of ether oxygens (including phenoxy) is 1. The maximum absolute atomic E-state index is 12.0. The van der Waals surface area contributed by atoms with E-state index < -0.39 is 0 Å². The van der Waals surface area contributed by atoms with E-state index in [0.29, 0.717) is 19.7 Å². The highest BCUT2D eigenvalue weighted by molar-refractivity contribution is 5.79. The van der Waals surface area contributed by atoms with Gasteiger partial charge in [0.15, 0.2) is 0 Å². The van der Waals surface area contributed by atoms with Crippen molar-refractivity contribution in [1.29, 1.82) is 0 Å². The van der Waals surface area contributed by atoms with Gasteiger partial charge in [0.25, 0.3) is 0 Å². The molecule has 0 bridgehead atoms. The first-order chi connectivity index (χ1) is 7.22. The number of hydrogen-bond donors (Lipinski definition) is 1. The summed E-state index contributed by atoms with van der Waals surface area (Å²) in [5, 5.41) is 0. The maximum Gasteiger partial charge on any atom is 0.227 e. The lowest BCUT2D eigenvalue weighted by molar-refractivity contribution is -0.143. The molecule has 2 unspecified atom stereocenters. The molecule has 2 atom stereocenters. The standard InChI is InChI=1S/C11H22N2O2/c1-3-9(7-12)11(14)13-5-6-15-10(4-2)8-13/h9-10H,3-8,12H2,1-2H3. The van der Waals surface area contributed by atoms with Gasteiger partial charge < -0.3 is 15.4 Å². The fraction of sp³-hybridized carbons (Fsp3) is 0.909. The molecule has 15 heavy (non-hydrogen) atoms. The zero-order valence-electron chi connectivity index (χ0n) is 9.74. The third kappa shape index (κ3) is 3.18. The summed E-state index contributed by atoms with van der Waals surface area (Å²) in [5.74, 6) is 0.183. The molecule has 0 saturated carbocycles. The number of carbonyl (C=O) groups excluding carboxylic acids is 1. The highest BCUT2D eigenvalue weighted by atomic mass is 16.5. The quantitative estimate of drug-likeness (QED) is 0.746. The average molecular weight is 214 g/mol. The van der Waals surface area contributed by atoms with E-state index in [2.05, 4.69) is 6.92 Å². The van der Waals surface area contributed by atoms with Crippen molar-refractivity contribution in [3.8, 4) is 0 Å². The highest BCUT2D eigenvalue weighted by Crippen LogP contribution is 2.13. The van der Waals surface area contributed by atoms with Gasteiger partial charge in [0.05, 0.1) is 18.6 Å². The molecule has 1 heterocycles. The van der Waals surface area contributed by atoms with Gasteiger partial charge in [0.1, 0.15) is 0 Å². The monoisotopic (exact) mass is 214 g/mol. The predicted octanol–water partition coefficient (Wildman–Crippen LogP) is 0.609. The Balaban J connectivity index is 2.51. The molecule has 1 aliphatic heterocycles. The van der Waals surface area contributed by atoms with E-state index in [-0.39, 0.29) is 17.9 Å². The van der Waals surface area contributed by atoms with E-state index in [9.17, 15) is 4.79 Å². The third-order valence-electron chi connectivity index (χ3n) is 3.03. The van der Waals surface area contributed by atoms with E-state index in [1.807, 2.05) is 11.8 Å². The Hall–Kier alpha value is -0.610. The summed E-state index contributed by atoms with van der Waals surface area (Å²) >= 11 is 0. The van der Waals surface area contributed by atoms with Gasteiger partial charge in [-0.3, -0.25) is 4.79 Å². The Morgan fingerprint density at radius 1 is 1.60 bits per heavy atom. The van der Waals surface area contributed by atoms with E-state index >= 15 is 0 Å². The summed E-state index contributed by atoms with van der Waals surface area (Å²) in [6.45, 7) is 6.64. The van der Waals surface area contributed by atoms with Crippen LogP contribution in [0.5, 0.6) is 0 Å². The molecule has 1 aliphatic rings. The van der Waals surface area contributed by atoms with Crippen LogP contribution in [-0.4, -0.2) is 43.2 Å². The van der Waals surface area contributed by atoms with E-state index in [1.165, 1.54) is 0 Å². The van der Waals surface area contributed by atoms with E-state index in [4.69, 9.17) is 10.5 Å². The molecule has 88 valence electrons. The molecular formula is C11H22N2O2. The summed E-state index contributed by atoms with van der Waals surface area (Å²) in [7, 11) is 0. The van der Waals surface area contributed by atoms with Crippen molar-refractivity contribution in [1.82, 2.24) is 4.90 Å². The number of nitrogens with two attached hydrogens (primary N) is 1. The summed E-state index contributed by atoms with van der Waals surface area (Å²) in [6, 6.07) is 0. The zero-order chi connectivity index (χ0) is 11.3. The molecule has 1 fully saturated rings. The van der Waals surface area contributed by atoms with Gasteiger partial charge in [-0.05, 0) is 12.8 Å². The molecule has 0 aromatic carbocycles. The van der Waals surface area contributed by atoms with Crippen molar-refractivity contribution in [2.75, 3.05) is 26.2 Å². The Morgan fingerprint density at radius 3 is 2.87 bits per heavy atom. The third-order valence-corrected chi connectivity index (χ3v) is 3.03. The van der Waals surface area contributed by atoms with Gasteiger partial charge in [-0.15, -0.1) is 0 Å². The summed E-state index contributed by atoms with van der Waals surface area (Å²) in [4.78, 5) is 13.9. The molecule has 0 radical (unpaired) electrons. The lowest BCUT2D eigenvalue weighted by atomic mass is 10.0. The van der Waals surface area contributed by atoms with Gasteiger partial charge >= 0.3 is 0 Å². The molecule has 1 amide bonds. The second kappa shape index (κ2) is 6.08. The van der Waals surface area contributed by atoms with Gasteiger partial charge in [-0.1, -0.05) is 13.8 Å². The highest BCUT2D eigenvalue weighted by Gasteiger charge is 2.26. The molecular weight excluding hydrogens is 192 g/mol. The summed E-state index contributed by atoms with van der Waals surface area (Å²) in [5.41, 5.74) is 5.58. The van der Waals surface area contributed by atoms with Crippen LogP contribution in [0, 0.1) is 5.92 Å². The summed E-state index contributed by atoms with van der Waals surface area (Å²) in [6.07, 6.45) is 1.99. The minimum Gasteiger partial charge on any atom is -0.375 e. The first-order valence-corrected chi connectivity index (χ1v) is 5.83. The lowest BCUT2D eigenvalue weighted by Crippen LogP contribution is -2.48. The van der Waals surface area contributed by atoms with Crippen molar-refractivity contribution in [3.63, 3.8) is 0 Å². The zero-order valence-corrected chi connectivity index (χ0v) is 9.74. The smallest absolute Gasteiger partial charge is 0.227 e. The lowest BCUT2D eigenvalue weighted by Gasteiger charge is -2.34. The molecule has 0 aromatic heterocycles. The van der Waals surface area contributed by atoms with Crippen LogP contribution < -0.4 is 5.73 Å². The largest absolute Gasteiger partial charge is 0.375 e. The van der Waals surface area contributed by atoms with Gasteiger partial charge in [-0.2, -0.15) is 0 Å². The van der Waals surface area contributed by atoms with Crippen LogP contribution in [0.1, 0.15) is 26.7 Å². The van der Waals surface area contributed by atoms with E-state index in [0.717, 1.165) is 19.4 Å². The molecule has 1 saturated heterocycles. The average Bonchev–Trinajstić information content (AvgIpc) is 2.30. The second-order valence-electron chi connectivity index (χ2n) is 4.03. The Kier molecular flexibility index (Phi) is 5.05. The first kappa shape index (κ1) is 12.5. The van der Waals surface area contributed by atoms with Gasteiger partial charge in [0, 0.05) is 19.6 Å². The molecule has 0 aromatic rings. The van der Waals surface area contributed by atoms with Crippen LogP contribution in [0.3, 0.4) is 0 Å². The number of amides is 1. The Labute approximate surface area is 91.8 Å². The van der Waals surface area contributed by atoms with Crippen LogP contribution in [0.15, 0.2) is 0 Å². The van der Waals surface area contributed by atoms with E-state index in [1.54, 1.807) is 0 Å². The predicted molar refractivity (Wildman–Crippen MR) is 59.4 cm³/mol. The Morgan fingerprint density at radius 2 is 2.33 bits per heavy atom. The normalized spacial score (nSPS) is 23.9. The summed E-state index contributed by atoms with van der Waals surface area (Å²) < 4.78 is 5.53. The Bertz CT molecular complexity index is 205. The first-order valence-electron chi connectivity index (χ1n) is 5.83. The van der Waals surface area contributed by atoms with Crippen LogP contribution in [-0.2, 0) is 9.53 Å². The van der Waals surface area contributed by atoms with Crippen molar-refractivity contribution in [3.05, 3.63) is 0 Å². The maximum atomic E-state index is 12.0. The van der Waals surface area contributed by atoms with Gasteiger partial charge in [0.2, 0.25) is 5.91 Å². The van der Waals surface area contributed by atoms with Crippen LogP contribution in [0.25, 0.3) is 0 Å². The molecule has 1 rings (SSSR count). The fourth-order valence-electron chi connectivity index (χ4n) is 1.87. The van der Waals surface area contributed by atoms with Crippen molar-refractivity contribution in [2.24, 2.45) is 11.7 Å². The molecule has 2 N–H and O–H groups in total. The van der Waals surface area contributed by atoms with Gasteiger partial charge in [-0.25, -0.2) is 0 Å². The van der Waals surface area contributed by atoms with Crippen LogP contribution >= 0.6 is 0 Å². The molecule has 0 aliphatic carbocycles. The number of morpholine rings is 1. The van der Waals surface area contributed by atoms with Crippen molar-refractivity contribution in [2.45, 2.75) is 32.8 Å².